The summed E-state index contributed by atoms with van der Waals surface area (Å²) in [5.74, 6) is 0.459. The molecule has 0 radical (unpaired) electrons. The summed E-state index contributed by atoms with van der Waals surface area (Å²) >= 11 is 0. The van der Waals surface area contributed by atoms with Crippen molar-refractivity contribution in [2.45, 2.75) is 19.8 Å². The van der Waals surface area contributed by atoms with E-state index in [2.05, 4.69) is 24.6 Å². The minimum Gasteiger partial charge on any atom is -0.383 e. The van der Waals surface area contributed by atoms with Crippen LogP contribution >= 0.6 is 0 Å². The number of nitriles is 1. The lowest BCUT2D eigenvalue weighted by Crippen LogP contribution is -2.13. The molecule has 0 bridgehead atoms. The van der Waals surface area contributed by atoms with Crippen LogP contribution in [0, 0.1) is 11.3 Å². The van der Waals surface area contributed by atoms with Crippen LogP contribution in [0.3, 0.4) is 0 Å². The molecule has 1 aromatic rings. The monoisotopic (exact) mass is 239 g/mol. The Labute approximate surface area is 108 Å². The summed E-state index contributed by atoms with van der Waals surface area (Å²) in [6, 6.07) is 9.13. The van der Waals surface area contributed by atoms with Crippen LogP contribution in [0.15, 0.2) is 53.7 Å². The average Bonchev–Trinajstić information content (AvgIpc) is 2.39. The van der Waals surface area contributed by atoms with Crippen molar-refractivity contribution >= 4 is 5.84 Å². The zero-order chi connectivity index (χ0) is 13.4. The van der Waals surface area contributed by atoms with Gasteiger partial charge in [-0.3, -0.25) is 0 Å². The third kappa shape index (κ3) is 3.91. The summed E-state index contributed by atoms with van der Waals surface area (Å²) < 4.78 is 0. The molecular weight excluding hydrogens is 222 g/mol. The molecule has 0 atom stereocenters. The number of aliphatic imine (C=N–C) groups is 1. The molecule has 0 amide bonds. The van der Waals surface area contributed by atoms with Crippen molar-refractivity contribution < 1.29 is 0 Å². The maximum Gasteiger partial charge on any atom is 0.130 e. The number of hydrogen-bond acceptors (Lipinski definition) is 2. The van der Waals surface area contributed by atoms with Crippen LogP contribution in [0.1, 0.15) is 30.9 Å². The van der Waals surface area contributed by atoms with E-state index < -0.39 is 0 Å². The number of benzene rings is 1. The Balaban J connectivity index is 2.96. The van der Waals surface area contributed by atoms with Gasteiger partial charge < -0.3 is 5.73 Å². The Morgan fingerprint density at radius 2 is 2.11 bits per heavy atom. The molecule has 18 heavy (non-hydrogen) atoms. The van der Waals surface area contributed by atoms with Crippen molar-refractivity contribution in [3.8, 4) is 6.07 Å². The summed E-state index contributed by atoms with van der Waals surface area (Å²) in [4.78, 5) is 4.38. The smallest absolute Gasteiger partial charge is 0.130 e. The molecule has 3 heteroatoms. The van der Waals surface area contributed by atoms with Gasteiger partial charge in [0.2, 0.25) is 0 Å². The van der Waals surface area contributed by atoms with Crippen LogP contribution in [0.25, 0.3) is 0 Å². The fourth-order valence-electron chi connectivity index (χ4n) is 1.50. The van der Waals surface area contributed by atoms with E-state index in [1.54, 1.807) is 30.3 Å². The molecule has 0 fully saturated rings. The fraction of sp³-hybridized carbons (Fsp3) is 0.200. The van der Waals surface area contributed by atoms with Gasteiger partial charge in [0.05, 0.1) is 11.6 Å². The van der Waals surface area contributed by atoms with Gasteiger partial charge in [0.15, 0.2) is 0 Å². The fourth-order valence-corrected chi connectivity index (χ4v) is 1.50. The van der Waals surface area contributed by atoms with Crippen LogP contribution in [-0.4, -0.2) is 5.84 Å². The zero-order valence-electron chi connectivity index (χ0n) is 10.6. The topological polar surface area (TPSA) is 62.2 Å². The predicted octanol–water partition coefficient (Wildman–Crippen LogP) is 3.13. The first-order chi connectivity index (χ1) is 8.71. The number of allylic oxidation sites excluding steroid dienone is 3. The highest BCUT2D eigenvalue weighted by atomic mass is 14.9. The first-order valence-corrected chi connectivity index (χ1v) is 5.87. The summed E-state index contributed by atoms with van der Waals surface area (Å²) in [7, 11) is 0. The third-order valence-corrected chi connectivity index (χ3v) is 2.39. The lowest BCUT2D eigenvalue weighted by atomic mass is 10.1. The van der Waals surface area contributed by atoms with Crippen LogP contribution in [0.5, 0.6) is 0 Å². The zero-order valence-corrected chi connectivity index (χ0v) is 10.6. The van der Waals surface area contributed by atoms with Gasteiger partial charge in [-0.15, -0.1) is 0 Å². The van der Waals surface area contributed by atoms with Crippen molar-refractivity contribution in [2.24, 2.45) is 10.7 Å². The molecule has 0 aliphatic heterocycles. The molecule has 2 N–H and O–H groups in total. The van der Waals surface area contributed by atoms with Crippen LogP contribution in [0.2, 0.25) is 0 Å². The van der Waals surface area contributed by atoms with Crippen molar-refractivity contribution in [2.75, 3.05) is 0 Å². The first-order valence-electron chi connectivity index (χ1n) is 5.87. The number of rotatable bonds is 5. The summed E-state index contributed by atoms with van der Waals surface area (Å²) in [5, 5.41) is 8.72. The molecule has 0 aliphatic rings. The Kier molecular flexibility index (Phi) is 5.40. The molecule has 92 valence electrons. The van der Waals surface area contributed by atoms with Gasteiger partial charge in [0.1, 0.15) is 5.84 Å². The first kappa shape index (κ1) is 13.7. The standard InChI is InChI=1S/C15H17N3/c1-3-5-14(6-4-2)18-15(17)13-9-7-12(11-16)8-10-13/h3,5,7-10H,1,4,6H2,2H3,(H2,17,18)/b14-5+. The lowest BCUT2D eigenvalue weighted by Gasteiger charge is -2.03. The molecule has 0 heterocycles. The molecule has 0 spiro atoms. The second-order valence-corrected chi connectivity index (χ2v) is 3.83. The SMILES string of the molecule is C=C/C=C(\CCC)N=C(N)c1ccc(C#N)cc1. The molecule has 0 saturated heterocycles. The molecule has 0 saturated carbocycles. The lowest BCUT2D eigenvalue weighted by molar-refractivity contribution is 0.893. The highest BCUT2D eigenvalue weighted by molar-refractivity contribution is 5.98. The van der Waals surface area contributed by atoms with Gasteiger partial charge in [-0.25, -0.2) is 4.99 Å². The van der Waals surface area contributed by atoms with Gasteiger partial charge in [-0.05, 0) is 36.8 Å². The van der Waals surface area contributed by atoms with E-state index in [-0.39, 0.29) is 0 Å². The quantitative estimate of drug-likeness (QED) is 0.487. The van der Waals surface area contributed by atoms with Crippen LogP contribution < -0.4 is 5.73 Å². The van der Waals surface area contributed by atoms with Gasteiger partial charge in [0.25, 0.3) is 0 Å². The predicted molar refractivity (Wildman–Crippen MR) is 75.1 cm³/mol. The van der Waals surface area contributed by atoms with Crippen molar-refractivity contribution in [1.82, 2.24) is 0 Å². The van der Waals surface area contributed by atoms with Gasteiger partial charge in [0, 0.05) is 11.3 Å². The maximum absolute atomic E-state index is 8.72. The molecule has 0 aliphatic carbocycles. The minimum absolute atomic E-state index is 0.459. The van der Waals surface area contributed by atoms with Crippen molar-refractivity contribution in [1.29, 1.82) is 5.26 Å². The summed E-state index contributed by atoms with van der Waals surface area (Å²) in [6.45, 7) is 5.75. The van der Waals surface area contributed by atoms with Crippen LogP contribution in [-0.2, 0) is 0 Å². The molecule has 0 unspecified atom stereocenters. The minimum atomic E-state index is 0.459. The normalized spacial score (nSPS) is 12.0. The Hall–Kier alpha value is -2.34. The highest BCUT2D eigenvalue weighted by Crippen LogP contribution is 2.09. The summed E-state index contributed by atoms with van der Waals surface area (Å²) in [5.41, 5.74) is 8.28. The Bertz CT molecular complexity index is 502. The number of hydrogen-bond donors (Lipinski definition) is 1. The third-order valence-electron chi connectivity index (χ3n) is 2.39. The van der Waals surface area contributed by atoms with E-state index in [0.29, 0.717) is 11.4 Å². The van der Waals surface area contributed by atoms with E-state index in [9.17, 15) is 0 Å². The largest absolute Gasteiger partial charge is 0.383 e. The summed E-state index contributed by atoms with van der Waals surface area (Å²) in [6.07, 6.45) is 5.44. The van der Waals surface area contributed by atoms with Crippen molar-refractivity contribution in [3.05, 3.63) is 59.8 Å². The molecule has 1 aromatic carbocycles. The van der Waals surface area contributed by atoms with Crippen LogP contribution in [0.4, 0.5) is 0 Å². The number of amidine groups is 1. The van der Waals surface area contributed by atoms with Crippen molar-refractivity contribution in [3.63, 3.8) is 0 Å². The molecule has 0 aromatic heterocycles. The Morgan fingerprint density at radius 1 is 1.44 bits per heavy atom. The average molecular weight is 239 g/mol. The van der Waals surface area contributed by atoms with Gasteiger partial charge in [-0.1, -0.05) is 26.0 Å². The van der Waals surface area contributed by atoms with E-state index in [1.165, 1.54) is 0 Å². The molecule has 3 nitrogen and oxygen atoms in total. The van der Waals surface area contributed by atoms with Gasteiger partial charge >= 0.3 is 0 Å². The second-order valence-electron chi connectivity index (χ2n) is 3.83. The molecular formula is C15H17N3. The second kappa shape index (κ2) is 7.08. The number of nitrogens with two attached hydrogens (primary N) is 1. The van der Waals surface area contributed by atoms with E-state index in [4.69, 9.17) is 11.0 Å². The Morgan fingerprint density at radius 3 is 2.61 bits per heavy atom. The van der Waals surface area contributed by atoms with E-state index in [1.807, 2.05) is 6.08 Å². The van der Waals surface area contributed by atoms with E-state index in [0.717, 1.165) is 24.1 Å². The molecule has 1 rings (SSSR count). The van der Waals surface area contributed by atoms with E-state index >= 15 is 0 Å². The van der Waals surface area contributed by atoms with Gasteiger partial charge in [-0.2, -0.15) is 5.26 Å². The number of nitrogens with zero attached hydrogens (tertiary/aromatic N) is 2. The highest BCUT2D eigenvalue weighted by Gasteiger charge is 2.00. The maximum atomic E-state index is 8.72.